The van der Waals surface area contributed by atoms with Crippen molar-refractivity contribution >= 4 is 10.9 Å². The number of nitrogens with zero attached hydrogens (tertiary/aromatic N) is 1. The van der Waals surface area contributed by atoms with Gasteiger partial charge in [0.15, 0.2) is 11.5 Å². The van der Waals surface area contributed by atoms with Crippen molar-refractivity contribution in [1.82, 2.24) is 4.57 Å². The predicted octanol–water partition coefficient (Wildman–Crippen LogP) is 0.906. The molecule has 102 valence electrons. The van der Waals surface area contributed by atoms with E-state index in [9.17, 15) is 0 Å². The molecule has 0 unspecified atom stereocenters. The minimum Gasteiger partial charge on any atom is -0.486 e. The van der Waals surface area contributed by atoms with Crippen LogP contribution in [0.2, 0.25) is 0 Å². The number of aromatic nitrogens is 1. The van der Waals surface area contributed by atoms with Crippen molar-refractivity contribution in [3.63, 3.8) is 0 Å². The average Bonchev–Trinajstić information content (AvgIpc) is 2.75. The summed E-state index contributed by atoms with van der Waals surface area (Å²) in [7, 11) is 0. The molecule has 19 heavy (non-hydrogen) atoms. The van der Waals surface area contributed by atoms with E-state index in [0.29, 0.717) is 26.3 Å². The molecule has 1 aromatic carbocycles. The molecule has 3 N–H and O–H groups in total. The minimum atomic E-state index is 0.111. The Morgan fingerprint density at radius 1 is 1.21 bits per heavy atom. The molecular formula is C14H18N2O3. The Morgan fingerprint density at radius 3 is 2.63 bits per heavy atom. The molecule has 0 amide bonds. The smallest absolute Gasteiger partial charge is 0.163 e. The lowest BCUT2D eigenvalue weighted by Crippen LogP contribution is -2.15. The number of fused-ring (bicyclic) bond motifs is 2. The van der Waals surface area contributed by atoms with Gasteiger partial charge in [-0.15, -0.1) is 0 Å². The summed E-state index contributed by atoms with van der Waals surface area (Å²) in [6, 6.07) is 4.00. The van der Waals surface area contributed by atoms with Crippen LogP contribution in [0.4, 0.5) is 0 Å². The molecule has 0 aliphatic carbocycles. The third-order valence-electron chi connectivity index (χ3n) is 3.38. The zero-order chi connectivity index (χ0) is 13.2. The maximum Gasteiger partial charge on any atom is 0.163 e. The molecule has 1 aromatic heterocycles. The van der Waals surface area contributed by atoms with Gasteiger partial charge in [-0.2, -0.15) is 0 Å². The Kier molecular flexibility index (Phi) is 3.31. The van der Waals surface area contributed by atoms with Crippen molar-refractivity contribution < 1.29 is 14.6 Å². The number of hydrogen-bond acceptors (Lipinski definition) is 4. The monoisotopic (exact) mass is 262 g/mol. The van der Waals surface area contributed by atoms with Crippen LogP contribution in [0, 0.1) is 0 Å². The number of nitrogens with two attached hydrogens (primary N) is 1. The lowest BCUT2D eigenvalue weighted by molar-refractivity contribution is 0.172. The summed E-state index contributed by atoms with van der Waals surface area (Å²) in [5.74, 6) is 1.56. The van der Waals surface area contributed by atoms with Gasteiger partial charge < -0.3 is 24.9 Å². The SMILES string of the molecule is NCCc1cn(CCO)c2cc3c(cc12)OCCO3. The molecule has 0 saturated carbocycles. The molecule has 5 heteroatoms. The first-order valence-corrected chi connectivity index (χ1v) is 6.56. The van der Waals surface area contributed by atoms with Crippen molar-refractivity contribution in [1.29, 1.82) is 0 Å². The fraction of sp³-hybridized carbons (Fsp3) is 0.429. The van der Waals surface area contributed by atoms with E-state index >= 15 is 0 Å². The maximum absolute atomic E-state index is 9.16. The van der Waals surface area contributed by atoms with Crippen LogP contribution in [0.25, 0.3) is 10.9 Å². The fourth-order valence-electron chi connectivity index (χ4n) is 2.55. The number of hydrogen-bond donors (Lipinski definition) is 2. The van der Waals surface area contributed by atoms with Gasteiger partial charge >= 0.3 is 0 Å². The van der Waals surface area contributed by atoms with E-state index in [1.54, 1.807) is 0 Å². The Morgan fingerprint density at radius 2 is 1.95 bits per heavy atom. The zero-order valence-corrected chi connectivity index (χ0v) is 10.8. The van der Waals surface area contributed by atoms with Gasteiger partial charge in [0, 0.05) is 24.2 Å². The van der Waals surface area contributed by atoms with Crippen molar-refractivity contribution in [2.75, 3.05) is 26.4 Å². The maximum atomic E-state index is 9.16. The minimum absolute atomic E-state index is 0.111. The van der Waals surface area contributed by atoms with Crippen molar-refractivity contribution in [3.05, 3.63) is 23.9 Å². The quantitative estimate of drug-likeness (QED) is 0.859. The molecule has 2 aromatic rings. The lowest BCUT2D eigenvalue weighted by atomic mass is 10.1. The second-order valence-corrected chi connectivity index (χ2v) is 4.62. The van der Waals surface area contributed by atoms with Gasteiger partial charge in [-0.3, -0.25) is 0 Å². The summed E-state index contributed by atoms with van der Waals surface area (Å²) >= 11 is 0. The van der Waals surface area contributed by atoms with Crippen LogP contribution in [0.5, 0.6) is 11.5 Å². The third-order valence-corrected chi connectivity index (χ3v) is 3.38. The van der Waals surface area contributed by atoms with Crippen LogP contribution in [0.15, 0.2) is 18.3 Å². The number of aliphatic hydroxyl groups is 1. The summed E-state index contributed by atoms with van der Waals surface area (Å²) in [6.07, 6.45) is 2.87. The number of rotatable bonds is 4. The van der Waals surface area contributed by atoms with E-state index < -0.39 is 0 Å². The van der Waals surface area contributed by atoms with Crippen LogP contribution < -0.4 is 15.2 Å². The Labute approximate surface area is 111 Å². The van der Waals surface area contributed by atoms with E-state index in [2.05, 4.69) is 6.20 Å². The van der Waals surface area contributed by atoms with Crippen LogP contribution in [0.3, 0.4) is 0 Å². The molecule has 1 aliphatic heterocycles. The highest BCUT2D eigenvalue weighted by molar-refractivity contribution is 5.87. The molecule has 0 spiro atoms. The normalized spacial score (nSPS) is 14.0. The molecule has 1 aliphatic rings. The third kappa shape index (κ3) is 2.15. The Hall–Kier alpha value is -1.72. The first kappa shape index (κ1) is 12.3. The van der Waals surface area contributed by atoms with E-state index in [-0.39, 0.29) is 6.61 Å². The highest BCUT2D eigenvalue weighted by Gasteiger charge is 2.16. The molecule has 5 nitrogen and oxygen atoms in total. The second-order valence-electron chi connectivity index (χ2n) is 4.62. The summed E-state index contributed by atoms with van der Waals surface area (Å²) in [6.45, 7) is 2.45. The summed E-state index contributed by atoms with van der Waals surface area (Å²) in [5.41, 5.74) is 7.90. The molecule has 0 atom stereocenters. The van der Waals surface area contributed by atoms with Gasteiger partial charge in [0.05, 0.1) is 12.1 Å². The molecule has 3 rings (SSSR count). The lowest BCUT2D eigenvalue weighted by Gasteiger charge is -2.18. The van der Waals surface area contributed by atoms with Crippen molar-refractivity contribution in [2.45, 2.75) is 13.0 Å². The van der Waals surface area contributed by atoms with Gasteiger partial charge in [0.2, 0.25) is 0 Å². The van der Waals surface area contributed by atoms with E-state index in [1.165, 1.54) is 5.56 Å². The predicted molar refractivity (Wildman–Crippen MR) is 72.8 cm³/mol. The number of aliphatic hydroxyl groups excluding tert-OH is 1. The number of ether oxygens (including phenoxy) is 2. The molecule has 0 bridgehead atoms. The Bertz CT molecular complexity index is 542. The van der Waals surface area contributed by atoms with Crippen molar-refractivity contribution in [2.24, 2.45) is 5.73 Å². The van der Waals surface area contributed by atoms with Gasteiger partial charge in [-0.25, -0.2) is 0 Å². The summed E-state index contributed by atoms with van der Waals surface area (Å²) in [4.78, 5) is 0. The average molecular weight is 262 g/mol. The largest absolute Gasteiger partial charge is 0.486 e. The first-order chi connectivity index (χ1) is 9.33. The number of benzene rings is 1. The van der Waals surface area contributed by atoms with Crippen LogP contribution in [-0.4, -0.2) is 36.0 Å². The standard InChI is InChI=1S/C14H18N2O3/c15-2-1-10-9-16(3-4-17)12-8-14-13(7-11(10)12)18-5-6-19-14/h7-9,17H,1-6,15H2. The molecule has 0 radical (unpaired) electrons. The van der Waals surface area contributed by atoms with Gasteiger partial charge in [0.1, 0.15) is 13.2 Å². The molecule has 0 saturated heterocycles. The van der Waals surface area contributed by atoms with Crippen LogP contribution in [0.1, 0.15) is 5.56 Å². The van der Waals surface area contributed by atoms with Crippen LogP contribution >= 0.6 is 0 Å². The highest BCUT2D eigenvalue weighted by atomic mass is 16.6. The summed E-state index contributed by atoms with van der Waals surface area (Å²) in [5, 5.41) is 10.3. The fourth-order valence-corrected chi connectivity index (χ4v) is 2.55. The van der Waals surface area contributed by atoms with E-state index in [0.717, 1.165) is 28.8 Å². The highest BCUT2D eigenvalue weighted by Crippen LogP contribution is 2.36. The second kappa shape index (κ2) is 5.11. The first-order valence-electron chi connectivity index (χ1n) is 6.56. The van der Waals surface area contributed by atoms with Gasteiger partial charge in [0.25, 0.3) is 0 Å². The van der Waals surface area contributed by atoms with Gasteiger partial charge in [-0.1, -0.05) is 0 Å². The van der Waals surface area contributed by atoms with E-state index in [1.807, 2.05) is 16.7 Å². The van der Waals surface area contributed by atoms with Gasteiger partial charge in [-0.05, 0) is 24.6 Å². The van der Waals surface area contributed by atoms with Crippen molar-refractivity contribution in [3.8, 4) is 11.5 Å². The molecule has 0 fully saturated rings. The van der Waals surface area contributed by atoms with E-state index in [4.69, 9.17) is 20.3 Å². The topological polar surface area (TPSA) is 69.6 Å². The Balaban J connectivity index is 2.16. The zero-order valence-electron chi connectivity index (χ0n) is 10.8. The summed E-state index contributed by atoms with van der Waals surface area (Å²) < 4.78 is 13.3. The molecular weight excluding hydrogens is 244 g/mol. The van der Waals surface area contributed by atoms with Crippen LogP contribution in [-0.2, 0) is 13.0 Å². The molecule has 2 heterocycles.